The number of morpholine rings is 1. The number of rotatable bonds is 4. The normalized spacial score (nSPS) is 15.3. The zero-order chi connectivity index (χ0) is 16.1. The molecule has 0 spiro atoms. The van der Waals surface area contributed by atoms with Gasteiger partial charge in [0.15, 0.2) is 0 Å². The first-order chi connectivity index (χ1) is 11.2. The maximum Gasteiger partial charge on any atom is 0.334 e. The molecule has 122 valence electrons. The predicted molar refractivity (Wildman–Crippen MR) is 93.6 cm³/mol. The van der Waals surface area contributed by atoms with E-state index < -0.39 is 0 Å². The summed E-state index contributed by atoms with van der Waals surface area (Å²) in [6.07, 6.45) is 0.755. The minimum Gasteiger partial charge on any atom is -0.379 e. The smallest absolute Gasteiger partial charge is 0.334 e. The summed E-state index contributed by atoms with van der Waals surface area (Å²) in [5, 5.41) is 7.43. The number of anilines is 1. The van der Waals surface area contributed by atoms with E-state index in [9.17, 15) is 4.79 Å². The van der Waals surface area contributed by atoms with E-state index in [0.29, 0.717) is 32.1 Å². The first kappa shape index (κ1) is 16.4. The molecule has 2 heterocycles. The quantitative estimate of drug-likeness (QED) is 0.833. The van der Waals surface area contributed by atoms with E-state index in [2.05, 4.69) is 43.8 Å². The Morgan fingerprint density at radius 1 is 1.30 bits per heavy atom. The number of amides is 2. The second kappa shape index (κ2) is 7.87. The number of benzene rings is 1. The molecule has 1 fully saturated rings. The van der Waals surface area contributed by atoms with Crippen molar-refractivity contribution in [2.24, 2.45) is 0 Å². The van der Waals surface area contributed by atoms with Crippen LogP contribution in [0.5, 0.6) is 0 Å². The molecule has 1 aromatic heterocycles. The summed E-state index contributed by atoms with van der Waals surface area (Å²) in [4.78, 5) is 16.4. The molecule has 1 aliphatic rings. The van der Waals surface area contributed by atoms with Gasteiger partial charge in [-0.25, -0.2) is 14.8 Å². The highest BCUT2D eigenvalue weighted by atomic mass is 79.9. The van der Waals surface area contributed by atoms with Gasteiger partial charge in [-0.2, -0.15) is 0 Å². The van der Waals surface area contributed by atoms with Gasteiger partial charge in [0.25, 0.3) is 0 Å². The number of carbonyl (C=O) groups excluding carboxylic acids is 1. The lowest BCUT2D eigenvalue weighted by molar-refractivity contribution is 0.0207. The van der Waals surface area contributed by atoms with E-state index in [4.69, 9.17) is 4.74 Å². The molecule has 6 nitrogen and oxygen atoms in total. The van der Waals surface area contributed by atoms with E-state index >= 15 is 0 Å². The van der Waals surface area contributed by atoms with Crippen LogP contribution >= 0.6 is 27.3 Å². The van der Waals surface area contributed by atoms with Crippen molar-refractivity contribution in [2.45, 2.75) is 6.42 Å². The molecular weight excluding hydrogens is 380 g/mol. The van der Waals surface area contributed by atoms with E-state index in [1.165, 1.54) is 16.9 Å². The Bertz CT molecular complexity index is 656. The van der Waals surface area contributed by atoms with Crippen LogP contribution in [0.25, 0.3) is 0 Å². The Balaban J connectivity index is 1.52. The predicted octanol–water partition coefficient (Wildman–Crippen LogP) is 2.87. The number of aromatic nitrogens is 1. The summed E-state index contributed by atoms with van der Waals surface area (Å²) >= 11 is 4.96. The molecule has 0 unspecified atom stereocenters. The highest BCUT2D eigenvalue weighted by Crippen LogP contribution is 2.19. The van der Waals surface area contributed by atoms with Crippen LogP contribution in [0.1, 0.15) is 10.6 Å². The minimum absolute atomic E-state index is 0.271. The van der Waals surface area contributed by atoms with E-state index in [-0.39, 0.29) is 6.03 Å². The van der Waals surface area contributed by atoms with E-state index in [0.717, 1.165) is 15.9 Å². The van der Waals surface area contributed by atoms with Crippen LogP contribution in [0.4, 0.5) is 10.6 Å². The molecule has 0 saturated carbocycles. The third-order valence-electron chi connectivity index (χ3n) is 3.33. The van der Waals surface area contributed by atoms with Crippen LogP contribution in [-0.2, 0) is 11.2 Å². The molecule has 1 aliphatic heterocycles. The van der Waals surface area contributed by atoms with Gasteiger partial charge < -0.3 is 4.74 Å². The highest BCUT2D eigenvalue weighted by molar-refractivity contribution is 9.10. The molecule has 3 rings (SSSR count). The van der Waals surface area contributed by atoms with Crippen molar-refractivity contribution < 1.29 is 9.53 Å². The maximum atomic E-state index is 11.9. The Labute approximate surface area is 147 Å². The number of ether oxygens (including phenoxy) is 1. The largest absolute Gasteiger partial charge is 0.379 e. The zero-order valence-electron chi connectivity index (χ0n) is 12.4. The maximum absolute atomic E-state index is 11.9. The number of hydrogen-bond donors (Lipinski definition) is 2. The van der Waals surface area contributed by atoms with Crippen molar-refractivity contribution in [3.05, 3.63) is 44.7 Å². The van der Waals surface area contributed by atoms with Crippen LogP contribution < -0.4 is 10.7 Å². The van der Waals surface area contributed by atoms with Crippen molar-refractivity contribution in [1.29, 1.82) is 0 Å². The molecule has 0 atom stereocenters. The Morgan fingerprint density at radius 3 is 2.78 bits per heavy atom. The number of urea groups is 1. The fourth-order valence-electron chi connectivity index (χ4n) is 2.19. The van der Waals surface area contributed by atoms with Gasteiger partial charge in [-0.05, 0) is 17.7 Å². The van der Waals surface area contributed by atoms with Gasteiger partial charge in [0.2, 0.25) is 0 Å². The van der Waals surface area contributed by atoms with Gasteiger partial charge in [0.05, 0.1) is 18.2 Å². The summed E-state index contributed by atoms with van der Waals surface area (Å²) < 4.78 is 6.30. The summed E-state index contributed by atoms with van der Waals surface area (Å²) in [5.74, 6) is 0.577. The third-order valence-corrected chi connectivity index (χ3v) is 4.71. The summed E-state index contributed by atoms with van der Waals surface area (Å²) in [7, 11) is 0. The van der Waals surface area contributed by atoms with Gasteiger partial charge in [-0.1, -0.05) is 28.1 Å². The Hall–Kier alpha value is -1.48. The molecule has 0 bridgehead atoms. The molecule has 1 aromatic carbocycles. The summed E-state index contributed by atoms with van der Waals surface area (Å²) in [5.41, 5.74) is 3.98. The van der Waals surface area contributed by atoms with E-state index in [1.807, 2.05) is 22.5 Å². The number of hydrazine groups is 1. The van der Waals surface area contributed by atoms with Crippen molar-refractivity contribution in [2.75, 3.05) is 31.6 Å². The average Bonchev–Trinajstić information content (AvgIpc) is 2.97. The van der Waals surface area contributed by atoms with Crippen LogP contribution in [0.15, 0.2) is 34.1 Å². The standard InChI is InChI=1S/C15H17BrN4O2S/c16-12-3-1-11(2-4-12)9-14-17-13(10-23-14)18-15(21)19-20-5-7-22-8-6-20/h1-4,10H,5-9H2,(H2,18,19,21). The average molecular weight is 397 g/mol. The van der Waals surface area contributed by atoms with Gasteiger partial charge in [0, 0.05) is 29.4 Å². The fraction of sp³-hybridized carbons (Fsp3) is 0.333. The lowest BCUT2D eigenvalue weighted by Gasteiger charge is -2.26. The monoisotopic (exact) mass is 396 g/mol. The van der Waals surface area contributed by atoms with Crippen molar-refractivity contribution >= 4 is 39.1 Å². The van der Waals surface area contributed by atoms with Crippen LogP contribution in [0.2, 0.25) is 0 Å². The van der Waals surface area contributed by atoms with Gasteiger partial charge in [-0.3, -0.25) is 10.7 Å². The van der Waals surface area contributed by atoms with Crippen molar-refractivity contribution in [3.63, 3.8) is 0 Å². The number of nitrogens with one attached hydrogen (secondary N) is 2. The first-order valence-electron chi connectivity index (χ1n) is 7.28. The van der Waals surface area contributed by atoms with Crippen LogP contribution in [0, 0.1) is 0 Å². The number of nitrogens with zero attached hydrogens (tertiary/aromatic N) is 2. The minimum atomic E-state index is -0.271. The second-order valence-corrected chi connectivity index (χ2v) is 6.95. The number of thiazole rings is 1. The van der Waals surface area contributed by atoms with Crippen LogP contribution in [-0.4, -0.2) is 42.3 Å². The molecule has 1 saturated heterocycles. The molecule has 2 amide bonds. The third kappa shape index (κ3) is 5.00. The summed E-state index contributed by atoms with van der Waals surface area (Å²) in [6.45, 7) is 2.65. The molecular formula is C15H17BrN4O2S. The Kier molecular flexibility index (Phi) is 5.60. The molecule has 0 radical (unpaired) electrons. The first-order valence-corrected chi connectivity index (χ1v) is 8.95. The van der Waals surface area contributed by atoms with Crippen LogP contribution in [0.3, 0.4) is 0 Å². The number of hydrogen-bond acceptors (Lipinski definition) is 5. The lowest BCUT2D eigenvalue weighted by Crippen LogP contribution is -2.49. The van der Waals surface area contributed by atoms with Gasteiger partial charge in [-0.15, -0.1) is 11.3 Å². The lowest BCUT2D eigenvalue weighted by atomic mass is 10.2. The number of halogens is 1. The molecule has 0 aliphatic carbocycles. The Morgan fingerprint density at radius 2 is 2.04 bits per heavy atom. The molecule has 8 heteroatoms. The summed E-state index contributed by atoms with van der Waals surface area (Å²) in [6, 6.07) is 7.87. The van der Waals surface area contributed by atoms with Crippen molar-refractivity contribution in [1.82, 2.24) is 15.4 Å². The fourth-order valence-corrected chi connectivity index (χ4v) is 3.21. The zero-order valence-corrected chi connectivity index (χ0v) is 14.8. The number of carbonyl (C=O) groups is 1. The van der Waals surface area contributed by atoms with E-state index in [1.54, 1.807) is 0 Å². The molecule has 2 aromatic rings. The van der Waals surface area contributed by atoms with Gasteiger partial charge in [0.1, 0.15) is 5.82 Å². The van der Waals surface area contributed by atoms with Gasteiger partial charge >= 0.3 is 6.03 Å². The molecule has 2 N–H and O–H groups in total. The highest BCUT2D eigenvalue weighted by Gasteiger charge is 2.13. The second-order valence-electron chi connectivity index (χ2n) is 5.10. The SMILES string of the molecule is O=C(Nc1csc(Cc2ccc(Br)cc2)n1)NN1CCOCC1. The topological polar surface area (TPSA) is 66.5 Å². The molecule has 23 heavy (non-hydrogen) atoms. The van der Waals surface area contributed by atoms with Crippen molar-refractivity contribution in [3.8, 4) is 0 Å².